The van der Waals surface area contributed by atoms with Crippen molar-refractivity contribution in [2.24, 2.45) is 5.92 Å². The van der Waals surface area contributed by atoms with E-state index in [0.717, 1.165) is 36.4 Å². The molecule has 0 heterocycles. The molecule has 1 saturated carbocycles. The molecule has 0 radical (unpaired) electrons. The number of carboxylic acids is 1. The molecule has 0 bridgehead atoms. The van der Waals surface area contributed by atoms with E-state index in [1.165, 1.54) is 18.3 Å². The fourth-order valence-electron chi connectivity index (χ4n) is 2.41. The Morgan fingerprint density at radius 2 is 1.79 bits per heavy atom. The third kappa shape index (κ3) is 4.15. The van der Waals surface area contributed by atoms with Gasteiger partial charge in [0.15, 0.2) is 0 Å². The van der Waals surface area contributed by atoms with E-state index >= 15 is 0 Å². The van der Waals surface area contributed by atoms with Crippen molar-refractivity contribution in [2.75, 3.05) is 20.6 Å². The summed E-state index contributed by atoms with van der Waals surface area (Å²) in [7, 11) is -0.535. The number of rotatable bonds is 6. The van der Waals surface area contributed by atoms with Gasteiger partial charge in [0, 0.05) is 26.7 Å². The Balaban J connectivity index is 2.69. The molecule has 19 heavy (non-hydrogen) atoms. The van der Waals surface area contributed by atoms with Gasteiger partial charge in [-0.1, -0.05) is 26.2 Å². The van der Waals surface area contributed by atoms with Gasteiger partial charge < -0.3 is 5.11 Å². The van der Waals surface area contributed by atoms with Crippen LogP contribution in [-0.2, 0) is 15.0 Å². The first-order valence-electron chi connectivity index (χ1n) is 6.69. The number of hydrogen-bond acceptors (Lipinski definition) is 3. The van der Waals surface area contributed by atoms with E-state index in [-0.39, 0.29) is 12.6 Å². The molecule has 6 nitrogen and oxygen atoms in total. The van der Waals surface area contributed by atoms with Gasteiger partial charge in [0.1, 0.15) is 0 Å². The van der Waals surface area contributed by atoms with Crippen LogP contribution in [0.1, 0.15) is 39.0 Å². The monoisotopic (exact) mass is 292 g/mol. The molecular weight excluding hydrogens is 268 g/mol. The normalized spacial score (nSPS) is 19.8. The number of aliphatic carboxylic acids is 1. The van der Waals surface area contributed by atoms with Crippen molar-refractivity contribution in [3.63, 3.8) is 0 Å². The lowest BCUT2D eigenvalue weighted by Gasteiger charge is -2.33. The van der Waals surface area contributed by atoms with E-state index in [4.69, 9.17) is 5.11 Å². The van der Waals surface area contributed by atoms with Gasteiger partial charge in [-0.2, -0.15) is 17.0 Å². The highest BCUT2D eigenvalue weighted by atomic mass is 32.2. The Hall–Kier alpha value is -0.660. The predicted molar refractivity (Wildman–Crippen MR) is 73.0 cm³/mol. The molecule has 0 aromatic heterocycles. The zero-order valence-corrected chi connectivity index (χ0v) is 12.7. The number of carbonyl (C=O) groups is 1. The quantitative estimate of drug-likeness (QED) is 0.796. The summed E-state index contributed by atoms with van der Waals surface area (Å²) in [6, 6.07) is 0.0429. The van der Waals surface area contributed by atoms with Crippen molar-refractivity contribution < 1.29 is 18.3 Å². The molecule has 112 valence electrons. The first kappa shape index (κ1) is 16.4. The van der Waals surface area contributed by atoms with Crippen molar-refractivity contribution in [3.8, 4) is 0 Å². The molecule has 1 N–H and O–H groups in total. The molecule has 1 aliphatic rings. The van der Waals surface area contributed by atoms with Crippen LogP contribution < -0.4 is 0 Å². The highest BCUT2D eigenvalue weighted by molar-refractivity contribution is 7.86. The Labute approximate surface area is 115 Å². The molecular formula is C12H24N2O4S. The van der Waals surface area contributed by atoms with Crippen LogP contribution in [0.25, 0.3) is 0 Å². The minimum Gasteiger partial charge on any atom is -0.481 e. The van der Waals surface area contributed by atoms with Crippen LogP contribution in [0.4, 0.5) is 0 Å². The van der Waals surface area contributed by atoms with Crippen LogP contribution in [0.15, 0.2) is 0 Å². The summed E-state index contributed by atoms with van der Waals surface area (Å²) in [6.45, 7) is 1.50. The lowest BCUT2D eigenvalue weighted by molar-refractivity contribution is -0.141. The van der Waals surface area contributed by atoms with Crippen molar-refractivity contribution in [3.05, 3.63) is 0 Å². The first-order chi connectivity index (χ1) is 8.76. The number of nitrogens with zero attached hydrogens (tertiary/aromatic N) is 2. The summed E-state index contributed by atoms with van der Waals surface area (Å²) in [5.41, 5.74) is 0. The second-order valence-electron chi connectivity index (χ2n) is 5.34. The minimum absolute atomic E-state index is 0.00523. The zero-order chi connectivity index (χ0) is 14.6. The van der Waals surface area contributed by atoms with Crippen LogP contribution in [0.5, 0.6) is 0 Å². The van der Waals surface area contributed by atoms with Gasteiger partial charge in [-0.3, -0.25) is 4.79 Å². The third-order valence-electron chi connectivity index (χ3n) is 3.80. The van der Waals surface area contributed by atoms with Crippen LogP contribution in [-0.4, -0.2) is 54.8 Å². The first-order valence-corrected chi connectivity index (χ1v) is 8.08. The summed E-state index contributed by atoms with van der Waals surface area (Å²) in [4.78, 5) is 10.8. The molecule has 0 aromatic carbocycles. The standard InChI is InChI=1S/C12H24N2O4S/c1-10(12(15)16)9-13(2)19(17,18)14(3)11-7-5-4-6-8-11/h10-11H,4-9H2,1-3H3,(H,15,16). The molecule has 0 aromatic rings. The Bertz CT molecular complexity index is 404. The summed E-state index contributed by atoms with van der Waals surface area (Å²) < 4.78 is 27.2. The maximum atomic E-state index is 12.3. The smallest absolute Gasteiger partial charge is 0.307 e. The fourth-order valence-corrected chi connectivity index (χ4v) is 3.85. The molecule has 1 unspecified atom stereocenters. The molecule has 7 heteroatoms. The molecule has 0 spiro atoms. The van der Waals surface area contributed by atoms with Gasteiger partial charge in [0.2, 0.25) is 0 Å². The van der Waals surface area contributed by atoms with Crippen LogP contribution in [0, 0.1) is 5.92 Å². The minimum atomic E-state index is -3.56. The lowest BCUT2D eigenvalue weighted by Crippen LogP contribution is -2.47. The molecule has 0 saturated heterocycles. The largest absolute Gasteiger partial charge is 0.481 e. The van der Waals surface area contributed by atoms with Crippen LogP contribution in [0.2, 0.25) is 0 Å². The van der Waals surface area contributed by atoms with E-state index in [9.17, 15) is 13.2 Å². The summed E-state index contributed by atoms with van der Waals surface area (Å²) in [5, 5.41) is 8.85. The van der Waals surface area contributed by atoms with Crippen molar-refractivity contribution >= 4 is 16.2 Å². The lowest BCUT2D eigenvalue weighted by atomic mass is 9.96. The van der Waals surface area contributed by atoms with Crippen LogP contribution in [0.3, 0.4) is 0 Å². The molecule has 1 atom stereocenters. The zero-order valence-electron chi connectivity index (χ0n) is 11.9. The van der Waals surface area contributed by atoms with Gasteiger partial charge in [-0.15, -0.1) is 0 Å². The maximum absolute atomic E-state index is 12.3. The predicted octanol–water partition coefficient (Wildman–Crippen LogP) is 1.15. The van der Waals surface area contributed by atoms with Gasteiger partial charge in [-0.05, 0) is 12.8 Å². The maximum Gasteiger partial charge on any atom is 0.307 e. The van der Waals surface area contributed by atoms with Gasteiger partial charge >= 0.3 is 5.97 Å². The topological polar surface area (TPSA) is 77.9 Å². The van der Waals surface area contributed by atoms with Gasteiger partial charge in [0.05, 0.1) is 5.92 Å². The third-order valence-corrected chi connectivity index (χ3v) is 5.76. The highest BCUT2D eigenvalue weighted by Gasteiger charge is 2.32. The Morgan fingerprint density at radius 3 is 2.26 bits per heavy atom. The van der Waals surface area contributed by atoms with Crippen molar-refractivity contribution in [2.45, 2.75) is 45.1 Å². The second kappa shape index (κ2) is 6.67. The molecule has 0 amide bonds. The Morgan fingerprint density at radius 1 is 1.26 bits per heavy atom. The highest BCUT2D eigenvalue weighted by Crippen LogP contribution is 2.24. The number of hydrogen-bond donors (Lipinski definition) is 1. The summed E-state index contributed by atoms with van der Waals surface area (Å²) >= 11 is 0. The second-order valence-corrected chi connectivity index (χ2v) is 7.43. The van der Waals surface area contributed by atoms with E-state index in [0.29, 0.717) is 0 Å². The number of carboxylic acid groups (broad SMARTS) is 1. The van der Waals surface area contributed by atoms with E-state index in [1.807, 2.05) is 0 Å². The molecule has 1 rings (SSSR count). The van der Waals surface area contributed by atoms with E-state index < -0.39 is 22.1 Å². The average molecular weight is 292 g/mol. The van der Waals surface area contributed by atoms with Crippen molar-refractivity contribution in [1.82, 2.24) is 8.61 Å². The van der Waals surface area contributed by atoms with E-state index in [1.54, 1.807) is 7.05 Å². The molecule has 1 fully saturated rings. The van der Waals surface area contributed by atoms with Gasteiger partial charge in [-0.25, -0.2) is 0 Å². The summed E-state index contributed by atoms with van der Waals surface area (Å²) in [5.74, 6) is -1.69. The van der Waals surface area contributed by atoms with Crippen molar-refractivity contribution in [1.29, 1.82) is 0 Å². The molecule has 1 aliphatic carbocycles. The Kier molecular flexibility index (Phi) is 5.76. The fraction of sp³-hybridized carbons (Fsp3) is 0.917. The SMILES string of the molecule is CC(CN(C)S(=O)(=O)N(C)C1CCCCC1)C(=O)O. The van der Waals surface area contributed by atoms with E-state index in [2.05, 4.69) is 0 Å². The van der Waals surface area contributed by atoms with Gasteiger partial charge in [0.25, 0.3) is 10.2 Å². The summed E-state index contributed by atoms with van der Waals surface area (Å²) in [6.07, 6.45) is 5.05. The van der Waals surface area contributed by atoms with Crippen LogP contribution >= 0.6 is 0 Å². The average Bonchev–Trinajstić information content (AvgIpc) is 2.38. The molecule has 0 aliphatic heterocycles.